The van der Waals surface area contributed by atoms with Crippen LogP contribution in [0.3, 0.4) is 0 Å². The third-order valence-electron chi connectivity index (χ3n) is 10.3. The molecule has 0 spiro atoms. The van der Waals surface area contributed by atoms with Crippen molar-refractivity contribution in [2.75, 3.05) is 72.3 Å². The number of likely N-dealkylation sites (tertiary alicyclic amines) is 2. The van der Waals surface area contributed by atoms with E-state index in [4.69, 9.17) is 28.5 Å². The van der Waals surface area contributed by atoms with Gasteiger partial charge in [0.25, 0.3) is 10.1 Å². The molecular formula is C40H54FN5O8S. The van der Waals surface area contributed by atoms with E-state index in [0.717, 1.165) is 80.0 Å². The lowest BCUT2D eigenvalue weighted by molar-refractivity contribution is -0.137. The van der Waals surface area contributed by atoms with E-state index in [1.54, 1.807) is 21.3 Å². The highest BCUT2D eigenvalue weighted by molar-refractivity contribution is 7.85. The zero-order chi connectivity index (χ0) is 39.6. The lowest BCUT2D eigenvalue weighted by atomic mass is 9.77. The Hall–Kier alpha value is -4.44. The summed E-state index contributed by atoms with van der Waals surface area (Å²) in [7, 11) is 1.10. The van der Waals surface area contributed by atoms with Crippen LogP contribution >= 0.6 is 0 Å². The van der Waals surface area contributed by atoms with E-state index < -0.39 is 15.5 Å². The molecule has 13 nitrogen and oxygen atoms in total. The number of halogens is 1. The molecule has 1 unspecified atom stereocenters. The molecule has 300 valence electrons. The van der Waals surface area contributed by atoms with E-state index in [2.05, 4.69) is 26.9 Å². The Morgan fingerprint density at radius 3 is 2.22 bits per heavy atom. The fraction of sp³-hybridized carbons (Fsp3) is 0.500. The quantitative estimate of drug-likeness (QED) is 0.107. The van der Waals surface area contributed by atoms with Crippen LogP contribution in [0.1, 0.15) is 43.7 Å². The highest BCUT2D eigenvalue weighted by Gasteiger charge is 2.46. The van der Waals surface area contributed by atoms with Gasteiger partial charge in [0, 0.05) is 45.4 Å². The summed E-state index contributed by atoms with van der Waals surface area (Å²) in [5.74, 6) is 2.41. The number of carbonyl (C=O) groups is 1. The van der Waals surface area contributed by atoms with Crippen LogP contribution in [0.4, 0.5) is 10.3 Å². The number of carbonyl (C=O) groups excluding carboxylic acids is 1. The summed E-state index contributed by atoms with van der Waals surface area (Å²) in [6.45, 7) is 7.87. The number of nitrogens with one attached hydrogen (secondary N) is 1. The predicted molar refractivity (Wildman–Crippen MR) is 210 cm³/mol. The third kappa shape index (κ3) is 11.1. The Kier molecular flexibility index (Phi) is 14.4. The molecule has 3 aromatic carbocycles. The zero-order valence-electron chi connectivity index (χ0n) is 32.4. The van der Waals surface area contributed by atoms with E-state index >= 15 is 0 Å². The maximum absolute atomic E-state index is 14.4. The molecular weight excluding hydrogens is 730 g/mol. The molecule has 3 heterocycles. The topological polar surface area (TPSA) is 145 Å². The first kappa shape index (κ1) is 41.7. The molecule has 1 atom stereocenters. The van der Waals surface area contributed by atoms with Crippen LogP contribution in [0.15, 0.2) is 60.7 Å². The van der Waals surface area contributed by atoms with Gasteiger partial charge in [-0.25, -0.2) is 9.37 Å². The first-order valence-corrected chi connectivity index (χ1v) is 20.5. The van der Waals surface area contributed by atoms with Crippen molar-refractivity contribution in [2.24, 2.45) is 5.41 Å². The smallest absolute Gasteiger partial charge is 0.261 e. The highest BCUT2D eigenvalue weighted by Crippen LogP contribution is 2.42. The summed E-state index contributed by atoms with van der Waals surface area (Å²) in [5, 5.41) is 3.74. The number of nitrogens with zero attached hydrogens (tertiary/aromatic N) is 4. The summed E-state index contributed by atoms with van der Waals surface area (Å²) < 4.78 is 64.2. The van der Waals surface area contributed by atoms with Crippen LogP contribution in [0.2, 0.25) is 0 Å². The van der Waals surface area contributed by atoms with Crippen molar-refractivity contribution < 1.29 is 41.1 Å². The number of benzene rings is 3. The predicted octanol–water partition coefficient (Wildman–Crippen LogP) is 5.67. The molecule has 2 fully saturated rings. The molecule has 2 N–H and O–H groups in total. The summed E-state index contributed by atoms with van der Waals surface area (Å²) in [6.07, 6.45) is 4.74. The van der Waals surface area contributed by atoms with Gasteiger partial charge in [0.1, 0.15) is 5.82 Å². The minimum atomic E-state index is -3.67. The molecule has 6 rings (SSSR count). The second-order valence-electron chi connectivity index (χ2n) is 14.1. The van der Waals surface area contributed by atoms with Gasteiger partial charge in [-0.05, 0) is 93.1 Å². The molecule has 2 saturated heterocycles. The number of fused-ring (bicyclic) bond motifs is 1. The van der Waals surface area contributed by atoms with Gasteiger partial charge >= 0.3 is 0 Å². The van der Waals surface area contributed by atoms with Crippen LogP contribution in [-0.2, 0) is 39.2 Å². The monoisotopic (exact) mass is 783 g/mol. The summed E-state index contributed by atoms with van der Waals surface area (Å²) >= 11 is 0. The summed E-state index contributed by atoms with van der Waals surface area (Å²) in [6, 6.07) is 18.9. The third-order valence-corrected chi connectivity index (χ3v) is 10.3. The lowest BCUT2D eigenvalue weighted by Gasteiger charge is -2.35. The fourth-order valence-electron chi connectivity index (χ4n) is 7.54. The number of hydrogen-bond donors (Lipinski definition) is 2. The van der Waals surface area contributed by atoms with E-state index in [1.807, 2.05) is 48.2 Å². The Morgan fingerprint density at radius 2 is 1.60 bits per heavy atom. The van der Waals surface area contributed by atoms with Gasteiger partial charge in [-0.3, -0.25) is 9.35 Å². The number of ether oxygens (including phenoxy) is 4. The number of methoxy groups -OCH3 is 3. The minimum absolute atomic E-state index is 0.137. The highest BCUT2D eigenvalue weighted by atomic mass is 32.2. The minimum Gasteiger partial charge on any atom is -0.493 e. The van der Waals surface area contributed by atoms with Gasteiger partial charge in [0.15, 0.2) is 11.5 Å². The van der Waals surface area contributed by atoms with Crippen LogP contribution in [0.25, 0.3) is 11.0 Å². The largest absolute Gasteiger partial charge is 0.493 e. The van der Waals surface area contributed by atoms with E-state index in [-0.39, 0.29) is 11.7 Å². The van der Waals surface area contributed by atoms with Crippen LogP contribution in [-0.4, -0.2) is 111 Å². The Balaban J connectivity index is 0.00000109. The SMILES string of the molecule is CCOCCn1c(NC2CCN(CCC3(Cc4ccc(F)cc4)CCN(Cc4cc(OC)c(OC)c(OC)c4)C3=O)CC2)nc2ccccc21.CS(=O)(=O)O. The van der Waals surface area contributed by atoms with E-state index in [9.17, 15) is 17.6 Å². The summed E-state index contributed by atoms with van der Waals surface area (Å²) in [4.78, 5) is 23.7. The average Bonchev–Trinajstić information content (AvgIpc) is 3.66. The molecule has 0 radical (unpaired) electrons. The Morgan fingerprint density at radius 1 is 0.945 bits per heavy atom. The number of para-hydroxylation sites is 2. The van der Waals surface area contributed by atoms with Gasteiger partial charge in [0.2, 0.25) is 17.6 Å². The molecule has 15 heteroatoms. The maximum Gasteiger partial charge on any atom is 0.261 e. The van der Waals surface area contributed by atoms with Crippen molar-refractivity contribution >= 4 is 33.0 Å². The van der Waals surface area contributed by atoms with Crippen LogP contribution < -0.4 is 19.5 Å². The maximum atomic E-state index is 14.4. The number of hydrogen-bond acceptors (Lipinski definition) is 10. The first-order chi connectivity index (χ1) is 26.4. The number of aromatic nitrogens is 2. The molecule has 2 aliphatic rings. The second kappa shape index (κ2) is 18.9. The number of piperidine rings is 1. The summed E-state index contributed by atoms with van der Waals surface area (Å²) in [5.41, 5.74) is 3.41. The molecule has 4 aromatic rings. The van der Waals surface area contributed by atoms with Gasteiger partial charge in [0.05, 0.1) is 50.6 Å². The molecule has 0 aliphatic carbocycles. The number of imidazole rings is 1. The molecule has 55 heavy (non-hydrogen) atoms. The molecule has 2 aliphatic heterocycles. The zero-order valence-corrected chi connectivity index (χ0v) is 33.2. The Bertz CT molecular complexity index is 1950. The van der Waals surface area contributed by atoms with Crippen molar-refractivity contribution in [2.45, 2.75) is 58.2 Å². The van der Waals surface area contributed by atoms with Crippen LogP contribution in [0.5, 0.6) is 17.2 Å². The van der Waals surface area contributed by atoms with E-state index in [1.165, 1.54) is 12.1 Å². The molecule has 0 saturated carbocycles. The number of rotatable bonds is 16. The molecule has 0 bridgehead atoms. The second-order valence-corrected chi connectivity index (χ2v) is 15.6. The van der Waals surface area contributed by atoms with Crippen LogP contribution in [0, 0.1) is 11.2 Å². The van der Waals surface area contributed by atoms with Gasteiger partial charge in [-0.15, -0.1) is 0 Å². The molecule has 1 amide bonds. The Labute approximate surface area is 323 Å². The van der Waals surface area contributed by atoms with Gasteiger partial charge < -0.3 is 38.6 Å². The van der Waals surface area contributed by atoms with Crippen molar-refractivity contribution in [1.29, 1.82) is 0 Å². The number of amides is 1. The lowest BCUT2D eigenvalue weighted by Crippen LogP contribution is -2.43. The van der Waals surface area contributed by atoms with E-state index in [0.29, 0.717) is 62.3 Å². The standard InChI is InChI=1S/C39H50FN5O5.CH4O3S/c1-5-50-23-22-45-33-9-7-6-8-32(33)42-38(45)41-31-14-18-43(19-15-31)20-16-39(26-28-10-12-30(40)13-11-28)17-21-44(37(39)46)27-29-24-34(47-2)36(49-4)35(25-29)48-3;1-5(2,3)4/h6-13,24-25,31H,5,14-23,26-27H2,1-4H3,(H,41,42);1H3,(H,2,3,4). The van der Waals surface area contributed by atoms with Crippen molar-refractivity contribution in [3.05, 3.63) is 77.6 Å². The first-order valence-electron chi connectivity index (χ1n) is 18.6. The fourth-order valence-corrected chi connectivity index (χ4v) is 7.54. The van der Waals surface area contributed by atoms with Gasteiger partial charge in [-0.2, -0.15) is 8.42 Å². The van der Waals surface area contributed by atoms with Crippen molar-refractivity contribution in [1.82, 2.24) is 19.4 Å². The van der Waals surface area contributed by atoms with Crippen molar-refractivity contribution in [3.8, 4) is 17.2 Å². The normalized spacial score (nSPS) is 17.9. The van der Waals surface area contributed by atoms with Crippen molar-refractivity contribution in [3.63, 3.8) is 0 Å². The average molecular weight is 784 g/mol. The molecule has 1 aromatic heterocycles. The van der Waals surface area contributed by atoms with Gasteiger partial charge in [-0.1, -0.05) is 24.3 Å². The number of anilines is 1.